The zero-order valence-corrected chi connectivity index (χ0v) is 14.7. The van der Waals surface area contributed by atoms with E-state index in [0.29, 0.717) is 12.5 Å². The molecule has 2 N–H and O–H groups in total. The first-order valence-corrected chi connectivity index (χ1v) is 8.20. The number of primary amides is 1. The summed E-state index contributed by atoms with van der Waals surface area (Å²) in [7, 11) is 0. The van der Waals surface area contributed by atoms with E-state index in [1.807, 2.05) is 26.0 Å². The molecule has 1 aromatic rings. The molecule has 23 heavy (non-hydrogen) atoms. The topological polar surface area (TPSA) is 113 Å². The molecule has 0 aliphatic rings. The van der Waals surface area contributed by atoms with Crippen LogP contribution >= 0.6 is 23.4 Å². The Bertz CT molecular complexity index is 680. The monoisotopic (exact) mass is 352 g/mol. The molecule has 0 saturated carbocycles. The number of nitriles is 2. The lowest BCUT2D eigenvalue weighted by Gasteiger charge is -2.15. The Morgan fingerprint density at radius 3 is 2.43 bits per heavy atom. The van der Waals surface area contributed by atoms with Crippen LogP contribution in [-0.4, -0.2) is 22.7 Å². The Morgan fingerprint density at radius 2 is 1.96 bits per heavy atom. The predicted molar refractivity (Wildman–Crippen MR) is 88.1 cm³/mol. The third kappa shape index (κ3) is 5.02. The Hall–Kier alpha value is -1.96. The Labute approximate surface area is 144 Å². The van der Waals surface area contributed by atoms with Crippen LogP contribution in [-0.2, 0) is 4.79 Å². The molecule has 8 heteroatoms. The van der Waals surface area contributed by atoms with Crippen molar-refractivity contribution in [2.75, 3.05) is 6.61 Å². The van der Waals surface area contributed by atoms with Crippen LogP contribution < -0.4 is 10.5 Å². The van der Waals surface area contributed by atoms with E-state index in [9.17, 15) is 15.3 Å². The summed E-state index contributed by atoms with van der Waals surface area (Å²) >= 11 is 7.02. The first-order chi connectivity index (χ1) is 10.8. The Balaban J connectivity index is 3.29. The summed E-state index contributed by atoms with van der Waals surface area (Å²) in [5.74, 6) is -0.0228. The predicted octanol–water partition coefficient (Wildman–Crippen LogP) is 2.87. The van der Waals surface area contributed by atoms with E-state index in [2.05, 4.69) is 4.98 Å². The quantitative estimate of drug-likeness (QED) is 0.596. The third-order valence-electron chi connectivity index (χ3n) is 2.93. The van der Waals surface area contributed by atoms with Crippen molar-refractivity contribution in [1.82, 2.24) is 4.98 Å². The van der Waals surface area contributed by atoms with Crippen molar-refractivity contribution in [2.45, 2.75) is 37.5 Å². The van der Waals surface area contributed by atoms with Crippen LogP contribution in [0.3, 0.4) is 0 Å². The number of thioether (sulfide) groups is 1. The average molecular weight is 353 g/mol. The molecule has 0 aliphatic carbocycles. The lowest BCUT2D eigenvalue weighted by Crippen LogP contribution is -2.22. The summed E-state index contributed by atoms with van der Waals surface area (Å²) in [5.41, 5.74) is 5.34. The lowest BCUT2D eigenvalue weighted by atomic mass is 10.1. The van der Waals surface area contributed by atoms with Crippen molar-refractivity contribution in [3.05, 3.63) is 16.3 Å². The second-order valence-electron chi connectivity index (χ2n) is 5.20. The highest BCUT2D eigenvalue weighted by atomic mass is 35.5. The van der Waals surface area contributed by atoms with Crippen LogP contribution in [0.25, 0.3) is 0 Å². The Kier molecular flexibility index (Phi) is 7.15. The standard InChI is InChI=1S/C15H17ClN4O2S/c1-8(2)4-5-22-12-10(6-17)13(16)20-15(11(12)7-18)23-9(3)14(19)21/h8-9H,4-5H2,1-3H3,(H2,19,21). The fraction of sp³-hybridized carbons (Fsp3) is 0.467. The van der Waals surface area contributed by atoms with Crippen molar-refractivity contribution in [3.8, 4) is 17.9 Å². The van der Waals surface area contributed by atoms with Crippen LogP contribution in [0.2, 0.25) is 5.15 Å². The number of hydrogen-bond donors (Lipinski definition) is 1. The maximum atomic E-state index is 11.2. The van der Waals surface area contributed by atoms with Gasteiger partial charge in [0, 0.05) is 0 Å². The van der Waals surface area contributed by atoms with Crippen molar-refractivity contribution in [1.29, 1.82) is 10.5 Å². The van der Waals surface area contributed by atoms with Gasteiger partial charge < -0.3 is 10.5 Å². The van der Waals surface area contributed by atoms with Gasteiger partial charge in [-0.25, -0.2) is 4.98 Å². The first-order valence-electron chi connectivity index (χ1n) is 6.94. The van der Waals surface area contributed by atoms with Crippen LogP contribution in [0.1, 0.15) is 38.3 Å². The van der Waals surface area contributed by atoms with Gasteiger partial charge in [-0.1, -0.05) is 37.2 Å². The average Bonchev–Trinajstić information content (AvgIpc) is 2.46. The molecule has 1 aromatic heterocycles. The van der Waals surface area contributed by atoms with E-state index >= 15 is 0 Å². The van der Waals surface area contributed by atoms with E-state index in [1.165, 1.54) is 0 Å². The van der Waals surface area contributed by atoms with Gasteiger partial charge in [0.15, 0.2) is 10.9 Å². The number of carbonyl (C=O) groups is 1. The van der Waals surface area contributed by atoms with Gasteiger partial charge in [-0.2, -0.15) is 10.5 Å². The van der Waals surface area contributed by atoms with E-state index in [0.717, 1.165) is 18.2 Å². The van der Waals surface area contributed by atoms with Gasteiger partial charge in [0.05, 0.1) is 11.9 Å². The molecule has 122 valence electrons. The van der Waals surface area contributed by atoms with Crippen LogP contribution in [0.4, 0.5) is 0 Å². The molecule has 1 amide bonds. The fourth-order valence-electron chi connectivity index (χ4n) is 1.56. The normalized spacial score (nSPS) is 11.6. The number of amides is 1. The number of nitrogens with two attached hydrogens (primary N) is 1. The van der Waals surface area contributed by atoms with Gasteiger partial charge in [-0.05, 0) is 19.3 Å². The van der Waals surface area contributed by atoms with Gasteiger partial charge in [0.25, 0.3) is 0 Å². The molecule has 1 heterocycles. The molecule has 1 unspecified atom stereocenters. The molecule has 1 rings (SSSR count). The molecule has 0 spiro atoms. The maximum Gasteiger partial charge on any atom is 0.230 e. The number of ether oxygens (including phenoxy) is 1. The zero-order chi connectivity index (χ0) is 17.6. The van der Waals surface area contributed by atoms with Crippen molar-refractivity contribution in [2.24, 2.45) is 11.7 Å². The first kappa shape index (κ1) is 19.1. The number of pyridine rings is 1. The molecule has 1 atom stereocenters. The second kappa shape index (κ2) is 8.61. The summed E-state index contributed by atoms with van der Waals surface area (Å²) < 4.78 is 5.63. The number of hydrogen-bond acceptors (Lipinski definition) is 6. The van der Waals surface area contributed by atoms with Crippen molar-refractivity contribution < 1.29 is 9.53 Å². The molecular weight excluding hydrogens is 336 g/mol. The van der Waals surface area contributed by atoms with E-state index < -0.39 is 11.2 Å². The van der Waals surface area contributed by atoms with Crippen LogP contribution in [0, 0.1) is 28.6 Å². The molecule has 0 bridgehead atoms. The van der Waals surface area contributed by atoms with Crippen molar-refractivity contribution >= 4 is 29.3 Å². The smallest absolute Gasteiger partial charge is 0.230 e. The number of aromatic nitrogens is 1. The van der Waals surface area contributed by atoms with Crippen LogP contribution in [0.5, 0.6) is 5.75 Å². The second-order valence-corrected chi connectivity index (χ2v) is 6.89. The van der Waals surface area contributed by atoms with E-state index in [1.54, 1.807) is 6.92 Å². The summed E-state index contributed by atoms with van der Waals surface area (Å²) in [6, 6.07) is 3.89. The van der Waals surface area contributed by atoms with Gasteiger partial charge in [0.1, 0.15) is 28.3 Å². The molecule has 0 fully saturated rings. The number of nitrogens with zero attached hydrogens (tertiary/aromatic N) is 3. The largest absolute Gasteiger partial charge is 0.491 e. The summed E-state index contributed by atoms with van der Waals surface area (Å²) in [4.78, 5) is 15.3. The van der Waals surface area contributed by atoms with E-state index in [4.69, 9.17) is 22.1 Å². The molecule has 0 aromatic carbocycles. The molecular formula is C15H17ClN4O2S. The van der Waals surface area contributed by atoms with Gasteiger partial charge >= 0.3 is 0 Å². The number of rotatable bonds is 7. The van der Waals surface area contributed by atoms with Crippen LogP contribution in [0.15, 0.2) is 5.03 Å². The van der Waals surface area contributed by atoms with Gasteiger partial charge in [-0.3, -0.25) is 4.79 Å². The summed E-state index contributed by atoms with van der Waals surface area (Å²) in [5, 5.41) is 18.2. The summed E-state index contributed by atoms with van der Waals surface area (Å²) in [6.07, 6.45) is 0.760. The number of halogens is 1. The minimum Gasteiger partial charge on any atom is -0.491 e. The highest BCUT2D eigenvalue weighted by Gasteiger charge is 2.23. The summed E-state index contributed by atoms with van der Waals surface area (Å²) in [6.45, 7) is 6.02. The van der Waals surface area contributed by atoms with Gasteiger partial charge in [0.2, 0.25) is 5.91 Å². The fourth-order valence-corrected chi connectivity index (χ4v) is 2.68. The van der Waals surface area contributed by atoms with Crippen molar-refractivity contribution in [3.63, 3.8) is 0 Å². The minimum absolute atomic E-state index is 0.0167. The minimum atomic E-state index is -0.595. The maximum absolute atomic E-state index is 11.2. The highest BCUT2D eigenvalue weighted by Crippen LogP contribution is 2.36. The zero-order valence-electron chi connectivity index (χ0n) is 13.1. The molecule has 0 saturated heterocycles. The Morgan fingerprint density at radius 1 is 1.35 bits per heavy atom. The van der Waals surface area contributed by atoms with Gasteiger partial charge in [-0.15, -0.1) is 0 Å². The molecule has 0 aliphatic heterocycles. The lowest BCUT2D eigenvalue weighted by molar-refractivity contribution is -0.117. The molecule has 0 radical (unpaired) electrons. The SMILES string of the molecule is CC(C)CCOc1c(C#N)c(Cl)nc(SC(C)C(N)=O)c1C#N. The highest BCUT2D eigenvalue weighted by molar-refractivity contribution is 8.00. The third-order valence-corrected chi connectivity index (χ3v) is 4.31. The molecule has 6 nitrogen and oxygen atoms in total. The number of carbonyl (C=O) groups excluding carboxylic acids is 1. The van der Waals surface area contributed by atoms with E-state index in [-0.39, 0.29) is 27.1 Å².